The van der Waals surface area contributed by atoms with Gasteiger partial charge in [-0.15, -0.1) is 11.3 Å². The van der Waals surface area contributed by atoms with Crippen LogP contribution in [0.2, 0.25) is 19.6 Å². The number of hydrogen-bond donors (Lipinski definition) is 0. The van der Waals surface area contributed by atoms with Crippen LogP contribution >= 0.6 is 11.3 Å². The highest BCUT2D eigenvalue weighted by atomic mass is 32.1. The van der Waals surface area contributed by atoms with E-state index in [2.05, 4.69) is 31.8 Å². The van der Waals surface area contributed by atoms with Crippen LogP contribution in [0.4, 0.5) is 0 Å². The van der Waals surface area contributed by atoms with Crippen LogP contribution in [0.15, 0.2) is 12.1 Å². The maximum atomic E-state index is 6.00. The van der Waals surface area contributed by atoms with Crippen LogP contribution in [0.1, 0.15) is 43.4 Å². The predicted octanol–water partition coefficient (Wildman–Crippen LogP) is 4.49. The molecule has 0 radical (unpaired) electrons. The number of ether oxygens (including phenoxy) is 1. The summed E-state index contributed by atoms with van der Waals surface area (Å²) in [5.74, 6) is 0. The van der Waals surface area contributed by atoms with E-state index >= 15 is 0 Å². The van der Waals surface area contributed by atoms with Crippen LogP contribution in [0.3, 0.4) is 0 Å². The van der Waals surface area contributed by atoms with Crippen LogP contribution in [0, 0.1) is 0 Å². The molecule has 18 heavy (non-hydrogen) atoms. The Morgan fingerprint density at radius 2 is 1.67 bits per heavy atom. The summed E-state index contributed by atoms with van der Waals surface area (Å²) >= 11 is 2.02. The molecule has 1 heterocycles. The molecule has 0 atom stereocenters. The van der Waals surface area contributed by atoms with Crippen molar-refractivity contribution in [3.8, 4) is 0 Å². The van der Waals surface area contributed by atoms with Gasteiger partial charge in [0.25, 0.3) is 0 Å². The average Bonchev–Trinajstić information content (AvgIpc) is 2.70. The van der Waals surface area contributed by atoms with Crippen LogP contribution in [0.25, 0.3) is 0 Å². The fourth-order valence-electron chi connectivity index (χ4n) is 2.84. The Morgan fingerprint density at radius 3 is 2.11 bits per heavy atom. The minimum atomic E-state index is -1.17. The first kappa shape index (κ1) is 14.3. The van der Waals surface area contributed by atoms with Gasteiger partial charge in [-0.05, 0) is 23.4 Å². The van der Waals surface area contributed by atoms with Gasteiger partial charge in [-0.2, -0.15) is 0 Å². The Morgan fingerprint density at radius 1 is 1.06 bits per heavy atom. The summed E-state index contributed by atoms with van der Waals surface area (Å²) in [4.78, 5) is 1.48. The molecule has 1 aliphatic carbocycles. The Labute approximate surface area is 117 Å². The van der Waals surface area contributed by atoms with Gasteiger partial charge in [-0.25, -0.2) is 0 Å². The van der Waals surface area contributed by atoms with Gasteiger partial charge in [-0.3, -0.25) is 0 Å². The molecule has 1 aliphatic rings. The standard InChI is InChI=1S/C15H26OSSi/c1-16-15(11-7-5-6-8-12-15)13-9-10-14(17-13)18(2,3)4/h9-10H,5-8,11-12H2,1-4H3. The minimum Gasteiger partial charge on any atom is -0.373 e. The first-order valence-electron chi connectivity index (χ1n) is 7.14. The van der Waals surface area contributed by atoms with Gasteiger partial charge in [0.05, 0.1) is 8.07 Å². The monoisotopic (exact) mass is 282 g/mol. The van der Waals surface area contributed by atoms with Crippen molar-refractivity contribution in [2.24, 2.45) is 0 Å². The van der Waals surface area contributed by atoms with Crippen molar-refractivity contribution in [1.82, 2.24) is 0 Å². The highest BCUT2D eigenvalue weighted by Gasteiger charge is 2.35. The molecular formula is C15H26OSSi. The van der Waals surface area contributed by atoms with Gasteiger partial charge in [-0.1, -0.05) is 51.4 Å². The maximum Gasteiger partial charge on any atom is 0.102 e. The molecule has 0 aliphatic heterocycles. The molecule has 102 valence electrons. The molecule has 2 rings (SSSR count). The van der Waals surface area contributed by atoms with Crippen molar-refractivity contribution in [1.29, 1.82) is 0 Å². The second kappa shape index (κ2) is 5.47. The summed E-state index contributed by atoms with van der Waals surface area (Å²) in [5.41, 5.74) is 0.0269. The van der Waals surface area contributed by atoms with Crippen molar-refractivity contribution in [3.05, 3.63) is 17.0 Å². The Kier molecular flexibility index (Phi) is 4.35. The molecule has 1 saturated carbocycles. The molecule has 0 unspecified atom stereocenters. The number of methoxy groups -OCH3 is 1. The van der Waals surface area contributed by atoms with Gasteiger partial charge in [0, 0.05) is 12.0 Å². The molecule has 0 bridgehead atoms. The van der Waals surface area contributed by atoms with E-state index in [0.29, 0.717) is 0 Å². The highest BCUT2D eigenvalue weighted by molar-refractivity contribution is 7.26. The summed E-state index contributed by atoms with van der Waals surface area (Å²) in [7, 11) is 0.731. The van der Waals surface area contributed by atoms with E-state index in [9.17, 15) is 0 Å². The lowest BCUT2D eigenvalue weighted by Crippen LogP contribution is -2.35. The largest absolute Gasteiger partial charge is 0.373 e. The van der Waals surface area contributed by atoms with Crippen molar-refractivity contribution in [3.63, 3.8) is 0 Å². The molecule has 1 nitrogen and oxygen atoms in total. The minimum absolute atomic E-state index is 0.0269. The fourth-order valence-corrected chi connectivity index (χ4v) is 5.96. The maximum absolute atomic E-state index is 6.00. The van der Waals surface area contributed by atoms with Crippen LogP contribution in [-0.2, 0) is 10.3 Å². The Balaban J connectivity index is 2.29. The number of thiophene rings is 1. The van der Waals surface area contributed by atoms with Gasteiger partial charge in [0.15, 0.2) is 0 Å². The van der Waals surface area contributed by atoms with Crippen molar-refractivity contribution < 1.29 is 4.74 Å². The lowest BCUT2D eigenvalue weighted by Gasteiger charge is -2.30. The van der Waals surface area contributed by atoms with E-state index in [1.165, 1.54) is 43.4 Å². The van der Waals surface area contributed by atoms with Crippen molar-refractivity contribution in [2.45, 2.75) is 63.8 Å². The zero-order valence-corrected chi connectivity index (χ0v) is 14.0. The van der Waals surface area contributed by atoms with E-state index < -0.39 is 8.07 Å². The summed E-state index contributed by atoms with van der Waals surface area (Å²) < 4.78 is 7.61. The zero-order chi connectivity index (χ0) is 13.2. The first-order valence-corrected chi connectivity index (χ1v) is 11.5. The van der Waals surface area contributed by atoms with Crippen LogP contribution in [-0.4, -0.2) is 15.2 Å². The molecule has 0 spiro atoms. The van der Waals surface area contributed by atoms with Crippen LogP contribution < -0.4 is 4.50 Å². The second-order valence-electron chi connectivity index (χ2n) is 6.53. The third kappa shape index (κ3) is 2.89. The van der Waals surface area contributed by atoms with Gasteiger partial charge >= 0.3 is 0 Å². The normalized spacial score (nSPS) is 20.7. The average molecular weight is 283 g/mol. The van der Waals surface area contributed by atoms with Crippen molar-refractivity contribution >= 4 is 23.9 Å². The summed E-state index contributed by atoms with van der Waals surface area (Å²) in [6.07, 6.45) is 7.78. The Hall–Kier alpha value is -0.123. The van der Waals surface area contributed by atoms with Gasteiger partial charge in [0.1, 0.15) is 5.60 Å². The molecule has 0 aromatic carbocycles. The zero-order valence-electron chi connectivity index (χ0n) is 12.2. The van der Waals surface area contributed by atoms with Gasteiger partial charge < -0.3 is 4.74 Å². The summed E-state index contributed by atoms with van der Waals surface area (Å²) in [6.45, 7) is 7.28. The molecule has 1 fully saturated rings. The van der Waals surface area contributed by atoms with E-state index in [1.807, 2.05) is 18.4 Å². The predicted molar refractivity (Wildman–Crippen MR) is 83.7 cm³/mol. The summed E-state index contributed by atoms with van der Waals surface area (Å²) in [6, 6.07) is 4.70. The quantitative estimate of drug-likeness (QED) is 0.586. The lowest BCUT2D eigenvalue weighted by molar-refractivity contribution is -0.0247. The molecule has 0 saturated heterocycles. The number of rotatable bonds is 3. The van der Waals surface area contributed by atoms with Crippen molar-refractivity contribution in [2.75, 3.05) is 7.11 Å². The SMILES string of the molecule is COC1(c2ccc([Si](C)(C)C)s2)CCCCCC1. The molecule has 0 N–H and O–H groups in total. The lowest BCUT2D eigenvalue weighted by atomic mass is 9.92. The molecule has 1 aromatic heterocycles. The van der Waals surface area contributed by atoms with E-state index in [4.69, 9.17) is 4.74 Å². The Bertz CT molecular complexity index is 383. The van der Waals surface area contributed by atoms with Crippen LogP contribution in [0.5, 0.6) is 0 Å². The third-order valence-corrected chi connectivity index (χ3v) is 8.97. The molecule has 1 aromatic rings. The van der Waals surface area contributed by atoms with E-state index in [0.717, 1.165) is 0 Å². The second-order valence-corrected chi connectivity index (χ2v) is 13.0. The molecule has 3 heteroatoms. The van der Waals surface area contributed by atoms with E-state index in [-0.39, 0.29) is 5.60 Å². The fraction of sp³-hybridized carbons (Fsp3) is 0.733. The summed E-state index contributed by atoms with van der Waals surface area (Å²) in [5, 5.41) is 0. The first-order chi connectivity index (χ1) is 8.48. The topological polar surface area (TPSA) is 9.23 Å². The van der Waals surface area contributed by atoms with E-state index in [1.54, 1.807) is 4.50 Å². The molecule has 0 amide bonds. The van der Waals surface area contributed by atoms with Gasteiger partial charge in [0.2, 0.25) is 0 Å². The molecular weight excluding hydrogens is 256 g/mol. The smallest absolute Gasteiger partial charge is 0.102 e. The highest BCUT2D eigenvalue weighted by Crippen LogP contribution is 2.40. The third-order valence-electron chi connectivity index (χ3n) is 4.10. The number of hydrogen-bond acceptors (Lipinski definition) is 2.